The molecule has 0 radical (unpaired) electrons. The van der Waals surface area contributed by atoms with E-state index in [9.17, 15) is 0 Å². The first-order valence-electron chi connectivity index (χ1n) is 7.20. The highest BCUT2D eigenvalue weighted by atomic mass is 35.5. The Labute approximate surface area is 134 Å². The zero-order valence-electron chi connectivity index (χ0n) is 12.1. The minimum absolute atomic E-state index is 0.287. The summed E-state index contributed by atoms with van der Waals surface area (Å²) in [6.07, 6.45) is 1.83. The number of halogens is 1. The van der Waals surface area contributed by atoms with E-state index in [1.165, 1.54) is 0 Å². The third kappa shape index (κ3) is 3.35. The second-order valence-corrected chi connectivity index (χ2v) is 5.60. The molecule has 112 valence electrons. The molecule has 6 heteroatoms. The van der Waals surface area contributed by atoms with Crippen LogP contribution < -0.4 is 4.90 Å². The van der Waals surface area contributed by atoms with Crippen LogP contribution in [0.1, 0.15) is 11.4 Å². The van der Waals surface area contributed by atoms with Gasteiger partial charge in [0, 0.05) is 38.9 Å². The second kappa shape index (κ2) is 6.73. The van der Waals surface area contributed by atoms with Crippen LogP contribution in [-0.4, -0.2) is 41.0 Å². The Morgan fingerprint density at radius 1 is 1.14 bits per heavy atom. The Balaban J connectivity index is 1.61. The highest BCUT2D eigenvalue weighted by Crippen LogP contribution is 2.20. The fourth-order valence-corrected chi connectivity index (χ4v) is 2.69. The molecule has 0 saturated carbocycles. The molecular weight excluding hydrogens is 298 g/mol. The molecule has 0 amide bonds. The maximum atomic E-state index is 9.02. The van der Waals surface area contributed by atoms with Gasteiger partial charge in [-0.05, 0) is 24.3 Å². The highest BCUT2D eigenvalue weighted by Gasteiger charge is 2.19. The van der Waals surface area contributed by atoms with Gasteiger partial charge in [-0.3, -0.25) is 9.88 Å². The van der Waals surface area contributed by atoms with E-state index in [1.54, 1.807) is 6.07 Å². The van der Waals surface area contributed by atoms with Gasteiger partial charge in [0.15, 0.2) is 5.69 Å². The zero-order chi connectivity index (χ0) is 15.4. The van der Waals surface area contributed by atoms with Gasteiger partial charge >= 0.3 is 0 Å². The normalized spacial score (nSPS) is 15.5. The molecule has 0 unspecified atom stereocenters. The van der Waals surface area contributed by atoms with Gasteiger partial charge in [0.25, 0.3) is 0 Å². The maximum absolute atomic E-state index is 9.02. The predicted octanol–water partition coefficient (Wildman–Crippen LogP) is 2.32. The zero-order valence-corrected chi connectivity index (χ0v) is 12.9. The van der Waals surface area contributed by atoms with Crippen molar-refractivity contribution in [3.05, 3.63) is 52.9 Å². The molecular formula is C16H16ClN5. The van der Waals surface area contributed by atoms with Crippen molar-refractivity contribution in [2.45, 2.75) is 6.54 Å². The van der Waals surface area contributed by atoms with E-state index in [2.05, 4.69) is 19.8 Å². The molecule has 3 heterocycles. The summed E-state index contributed by atoms with van der Waals surface area (Å²) in [5, 5.41) is 9.42. The van der Waals surface area contributed by atoms with Crippen LogP contribution in [0.25, 0.3) is 0 Å². The average molecular weight is 314 g/mol. The molecule has 0 bridgehead atoms. The Kier molecular flexibility index (Phi) is 4.52. The van der Waals surface area contributed by atoms with Crippen LogP contribution in [0.4, 0.5) is 5.82 Å². The van der Waals surface area contributed by atoms with Gasteiger partial charge in [-0.2, -0.15) is 5.26 Å². The molecule has 0 atom stereocenters. The summed E-state index contributed by atoms with van der Waals surface area (Å²) in [4.78, 5) is 13.3. The van der Waals surface area contributed by atoms with Gasteiger partial charge in [-0.15, -0.1) is 0 Å². The maximum Gasteiger partial charge on any atom is 0.161 e. The predicted molar refractivity (Wildman–Crippen MR) is 85.7 cm³/mol. The standard InChI is InChI=1S/C16H16ClN5/c17-14-4-5-16(20-15(14)11-18)22-9-7-21(8-10-22)12-13-3-1-2-6-19-13/h1-6H,7-10,12H2. The van der Waals surface area contributed by atoms with E-state index in [-0.39, 0.29) is 5.69 Å². The number of anilines is 1. The van der Waals surface area contributed by atoms with Crippen LogP contribution in [0.2, 0.25) is 5.02 Å². The third-order valence-electron chi connectivity index (χ3n) is 3.75. The smallest absolute Gasteiger partial charge is 0.161 e. The van der Waals surface area contributed by atoms with Gasteiger partial charge in [-0.1, -0.05) is 17.7 Å². The molecule has 0 spiro atoms. The summed E-state index contributed by atoms with van der Waals surface area (Å²) >= 11 is 5.93. The molecule has 1 aliphatic rings. The van der Waals surface area contributed by atoms with Crippen molar-refractivity contribution in [2.24, 2.45) is 0 Å². The molecule has 3 rings (SSSR count). The van der Waals surface area contributed by atoms with Gasteiger partial charge < -0.3 is 4.90 Å². The molecule has 22 heavy (non-hydrogen) atoms. The summed E-state index contributed by atoms with van der Waals surface area (Å²) in [5.74, 6) is 0.818. The van der Waals surface area contributed by atoms with Gasteiger partial charge in [0.1, 0.15) is 11.9 Å². The lowest BCUT2D eigenvalue weighted by atomic mass is 10.2. The summed E-state index contributed by atoms with van der Waals surface area (Å²) < 4.78 is 0. The molecule has 5 nitrogen and oxygen atoms in total. The molecule has 2 aromatic heterocycles. The number of hydrogen-bond acceptors (Lipinski definition) is 5. The van der Waals surface area contributed by atoms with Crippen LogP contribution in [0, 0.1) is 11.3 Å². The van der Waals surface area contributed by atoms with Crippen LogP contribution in [-0.2, 0) is 6.54 Å². The van der Waals surface area contributed by atoms with Crippen molar-refractivity contribution in [3.8, 4) is 6.07 Å². The first kappa shape index (κ1) is 14.8. The minimum Gasteiger partial charge on any atom is -0.354 e. The summed E-state index contributed by atoms with van der Waals surface area (Å²) in [6.45, 7) is 4.52. The molecule has 0 N–H and O–H groups in total. The lowest BCUT2D eigenvalue weighted by molar-refractivity contribution is 0.246. The Bertz CT molecular complexity index is 675. The van der Waals surface area contributed by atoms with Crippen LogP contribution in [0.15, 0.2) is 36.5 Å². The van der Waals surface area contributed by atoms with Gasteiger partial charge in [-0.25, -0.2) is 4.98 Å². The monoisotopic (exact) mass is 313 g/mol. The quantitative estimate of drug-likeness (QED) is 0.870. The van der Waals surface area contributed by atoms with Crippen molar-refractivity contribution in [1.29, 1.82) is 5.26 Å². The Morgan fingerprint density at radius 2 is 1.95 bits per heavy atom. The fraction of sp³-hybridized carbons (Fsp3) is 0.312. The van der Waals surface area contributed by atoms with E-state index in [1.807, 2.05) is 36.5 Å². The highest BCUT2D eigenvalue weighted by molar-refractivity contribution is 6.31. The summed E-state index contributed by atoms with van der Waals surface area (Å²) in [7, 11) is 0. The van der Waals surface area contributed by atoms with E-state index < -0.39 is 0 Å². The number of nitriles is 1. The van der Waals surface area contributed by atoms with E-state index in [0.717, 1.165) is 44.2 Å². The lowest BCUT2D eigenvalue weighted by Crippen LogP contribution is -2.46. The SMILES string of the molecule is N#Cc1nc(N2CCN(Cc3ccccn3)CC2)ccc1Cl. The number of pyridine rings is 2. The molecule has 1 saturated heterocycles. The molecule has 2 aromatic rings. The number of hydrogen-bond donors (Lipinski definition) is 0. The van der Waals surface area contributed by atoms with Crippen LogP contribution >= 0.6 is 11.6 Å². The number of nitrogens with zero attached hydrogens (tertiary/aromatic N) is 5. The average Bonchev–Trinajstić information content (AvgIpc) is 2.57. The molecule has 1 fully saturated rings. The Morgan fingerprint density at radius 3 is 2.64 bits per heavy atom. The topological polar surface area (TPSA) is 56.1 Å². The first-order valence-corrected chi connectivity index (χ1v) is 7.58. The third-order valence-corrected chi connectivity index (χ3v) is 4.05. The van der Waals surface area contributed by atoms with Crippen molar-refractivity contribution < 1.29 is 0 Å². The van der Waals surface area contributed by atoms with Gasteiger partial charge in [0.2, 0.25) is 0 Å². The Hall–Kier alpha value is -2.16. The second-order valence-electron chi connectivity index (χ2n) is 5.20. The molecule has 0 aromatic carbocycles. The number of aromatic nitrogens is 2. The van der Waals surface area contributed by atoms with Crippen molar-refractivity contribution in [2.75, 3.05) is 31.1 Å². The van der Waals surface area contributed by atoms with Crippen LogP contribution in [0.3, 0.4) is 0 Å². The van der Waals surface area contributed by atoms with E-state index >= 15 is 0 Å². The van der Waals surface area contributed by atoms with E-state index in [0.29, 0.717) is 5.02 Å². The van der Waals surface area contributed by atoms with Crippen molar-refractivity contribution in [1.82, 2.24) is 14.9 Å². The van der Waals surface area contributed by atoms with Crippen molar-refractivity contribution in [3.63, 3.8) is 0 Å². The number of rotatable bonds is 3. The number of piperazine rings is 1. The summed E-state index contributed by atoms with van der Waals surface area (Å²) in [5.41, 5.74) is 1.38. The molecule has 0 aliphatic carbocycles. The molecule has 1 aliphatic heterocycles. The largest absolute Gasteiger partial charge is 0.354 e. The van der Waals surface area contributed by atoms with Crippen LogP contribution in [0.5, 0.6) is 0 Å². The fourth-order valence-electron chi connectivity index (χ4n) is 2.54. The van der Waals surface area contributed by atoms with E-state index in [4.69, 9.17) is 16.9 Å². The minimum atomic E-state index is 0.287. The van der Waals surface area contributed by atoms with Crippen molar-refractivity contribution >= 4 is 17.4 Å². The summed E-state index contributed by atoms with van der Waals surface area (Å²) in [6, 6.07) is 11.6. The first-order chi connectivity index (χ1) is 10.8. The lowest BCUT2D eigenvalue weighted by Gasteiger charge is -2.35. The van der Waals surface area contributed by atoms with Gasteiger partial charge in [0.05, 0.1) is 10.7 Å².